The lowest BCUT2D eigenvalue weighted by Crippen LogP contribution is -2.28. The Balaban J connectivity index is 2.08. The standard InChI is InChI=1S/C14H19NO3/c1-10(16)13-6-5-11(8-14(13)17)15(2)9-12-4-3-7-18-12/h5-6,8,12,17H,3-4,7,9H2,1-2H3. The molecule has 0 amide bonds. The molecular formula is C14H19NO3. The zero-order valence-corrected chi connectivity index (χ0v) is 10.8. The van der Waals surface area contributed by atoms with Crippen molar-refractivity contribution in [3.05, 3.63) is 23.8 Å². The number of anilines is 1. The number of Topliss-reactive ketones (excluding diaryl/α,β-unsaturated/α-hetero) is 1. The van der Waals surface area contributed by atoms with Crippen molar-refractivity contribution in [1.29, 1.82) is 0 Å². The van der Waals surface area contributed by atoms with Crippen molar-refractivity contribution in [1.82, 2.24) is 0 Å². The molecule has 2 rings (SSSR count). The van der Waals surface area contributed by atoms with Gasteiger partial charge in [0.1, 0.15) is 5.75 Å². The van der Waals surface area contributed by atoms with Crippen LogP contribution in [0.2, 0.25) is 0 Å². The number of carbonyl (C=O) groups excluding carboxylic acids is 1. The van der Waals surface area contributed by atoms with Crippen LogP contribution in [-0.2, 0) is 4.74 Å². The van der Waals surface area contributed by atoms with Crippen LogP contribution in [0.5, 0.6) is 5.75 Å². The highest BCUT2D eigenvalue weighted by molar-refractivity contribution is 5.97. The maximum absolute atomic E-state index is 11.2. The van der Waals surface area contributed by atoms with Gasteiger partial charge in [0, 0.05) is 32.0 Å². The van der Waals surface area contributed by atoms with E-state index in [2.05, 4.69) is 0 Å². The van der Waals surface area contributed by atoms with E-state index in [1.807, 2.05) is 18.0 Å². The van der Waals surface area contributed by atoms with Gasteiger partial charge in [-0.15, -0.1) is 0 Å². The van der Waals surface area contributed by atoms with Crippen molar-refractivity contribution in [3.63, 3.8) is 0 Å². The molecule has 1 aromatic carbocycles. The molecule has 1 heterocycles. The minimum Gasteiger partial charge on any atom is -0.507 e. The van der Waals surface area contributed by atoms with Crippen molar-refractivity contribution in [2.75, 3.05) is 25.1 Å². The summed E-state index contributed by atoms with van der Waals surface area (Å²) in [5, 5.41) is 9.79. The first kappa shape index (κ1) is 12.9. The van der Waals surface area contributed by atoms with Gasteiger partial charge in [0.05, 0.1) is 11.7 Å². The summed E-state index contributed by atoms with van der Waals surface area (Å²) in [6.45, 7) is 3.09. The van der Waals surface area contributed by atoms with Gasteiger partial charge in [-0.3, -0.25) is 4.79 Å². The Labute approximate surface area is 107 Å². The second-order valence-electron chi connectivity index (χ2n) is 4.77. The van der Waals surface area contributed by atoms with Crippen molar-refractivity contribution in [2.24, 2.45) is 0 Å². The van der Waals surface area contributed by atoms with Gasteiger partial charge in [0.15, 0.2) is 5.78 Å². The molecule has 1 aliphatic heterocycles. The lowest BCUT2D eigenvalue weighted by atomic mass is 10.1. The first-order valence-electron chi connectivity index (χ1n) is 6.24. The van der Waals surface area contributed by atoms with Crippen molar-refractivity contribution in [2.45, 2.75) is 25.9 Å². The van der Waals surface area contributed by atoms with Crippen LogP contribution in [0.3, 0.4) is 0 Å². The number of nitrogens with zero attached hydrogens (tertiary/aromatic N) is 1. The van der Waals surface area contributed by atoms with E-state index in [-0.39, 0.29) is 17.6 Å². The van der Waals surface area contributed by atoms with Gasteiger partial charge in [-0.05, 0) is 31.9 Å². The lowest BCUT2D eigenvalue weighted by molar-refractivity contribution is 0.101. The van der Waals surface area contributed by atoms with Gasteiger partial charge in [0.25, 0.3) is 0 Å². The molecule has 1 atom stereocenters. The summed E-state index contributed by atoms with van der Waals surface area (Å²) in [4.78, 5) is 13.3. The molecule has 1 unspecified atom stereocenters. The van der Waals surface area contributed by atoms with Crippen LogP contribution < -0.4 is 4.90 Å². The Hall–Kier alpha value is -1.55. The Bertz CT molecular complexity index is 439. The molecule has 1 saturated heterocycles. The monoisotopic (exact) mass is 249 g/mol. The van der Waals surface area contributed by atoms with Gasteiger partial charge in [0.2, 0.25) is 0 Å². The number of aromatic hydroxyl groups is 1. The topological polar surface area (TPSA) is 49.8 Å². The van der Waals surface area contributed by atoms with E-state index >= 15 is 0 Å². The largest absolute Gasteiger partial charge is 0.507 e. The molecule has 1 fully saturated rings. The summed E-state index contributed by atoms with van der Waals surface area (Å²) in [6, 6.07) is 5.15. The van der Waals surface area contributed by atoms with Crippen LogP contribution in [-0.4, -0.2) is 37.2 Å². The zero-order valence-electron chi connectivity index (χ0n) is 10.8. The molecule has 4 heteroatoms. The number of rotatable bonds is 4. The highest BCUT2D eigenvalue weighted by Crippen LogP contribution is 2.25. The zero-order chi connectivity index (χ0) is 13.1. The second-order valence-corrected chi connectivity index (χ2v) is 4.77. The summed E-state index contributed by atoms with van der Waals surface area (Å²) < 4.78 is 5.58. The molecule has 1 aromatic rings. The van der Waals surface area contributed by atoms with Crippen LogP contribution in [0.25, 0.3) is 0 Å². The third-order valence-corrected chi connectivity index (χ3v) is 3.30. The quantitative estimate of drug-likeness (QED) is 0.831. The van der Waals surface area contributed by atoms with Crippen LogP contribution in [0.15, 0.2) is 18.2 Å². The number of hydrogen-bond donors (Lipinski definition) is 1. The van der Waals surface area contributed by atoms with E-state index in [0.717, 1.165) is 31.7 Å². The number of likely N-dealkylation sites (N-methyl/N-ethyl adjacent to an activating group) is 1. The van der Waals surface area contributed by atoms with Gasteiger partial charge in [-0.25, -0.2) is 0 Å². The second kappa shape index (κ2) is 5.40. The molecule has 0 saturated carbocycles. The van der Waals surface area contributed by atoms with Crippen molar-refractivity contribution >= 4 is 11.5 Å². The van der Waals surface area contributed by atoms with E-state index in [1.54, 1.807) is 12.1 Å². The summed E-state index contributed by atoms with van der Waals surface area (Å²) in [7, 11) is 1.96. The number of ketones is 1. The van der Waals surface area contributed by atoms with E-state index < -0.39 is 0 Å². The lowest BCUT2D eigenvalue weighted by Gasteiger charge is -2.23. The van der Waals surface area contributed by atoms with E-state index in [9.17, 15) is 9.90 Å². The molecule has 1 aliphatic rings. The van der Waals surface area contributed by atoms with E-state index in [0.29, 0.717) is 5.56 Å². The average molecular weight is 249 g/mol. The van der Waals surface area contributed by atoms with Crippen molar-refractivity contribution in [3.8, 4) is 5.75 Å². The molecule has 4 nitrogen and oxygen atoms in total. The smallest absolute Gasteiger partial charge is 0.163 e. The van der Waals surface area contributed by atoms with Crippen LogP contribution in [0.4, 0.5) is 5.69 Å². The molecular weight excluding hydrogens is 230 g/mol. The molecule has 0 radical (unpaired) electrons. The maximum atomic E-state index is 11.2. The Kier molecular flexibility index (Phi) is 3.87. The number of phenolic OH excluding ortho intramolecular Hbond substituents is 1. The molecule has 0 aromatic heterocycles. The third kappa shape index (κ3) is 2.82. The maximum Gasteiger partial charge on any atom is 0.163 e. The fourth-order valence-electron chi connectivity index (χ4n) is 2.25. The molecule has 0 bridgehead atoms. The highest BCUT2D eigenvalue weighted by Gasteiger charge is 2.18. The predicted octanol–water partition coefficient (Wildman–Crippen LogP) is 2.21. The minimum atomic E-state index is -0.124. The van der Waals surface area contributed by atoms with Gasteiger partial charge < -0.3 is 14.7 Å². The molecule has 0 spiro atoms. The Morgan fingerprint density at radius 2 is 2.33 bits per heavy atom. The summed E-state index contributed by atoms with van der Waals surface area (Å²) >= 11 is 0. The van der Waals surface area contributed by atoms with Crippen LogP contribution in [0, 0.1) is 0 Å². The minimum absolute atomic E-state index is 0.0409. The fraction of sp³-hybridized carbons (Fsp3) is 0.500. The van der Waals surface area contributed by atoms with Gasteiger partial charge >= 0.3 is 0 Å². The average Bonchev–Trinajstić information content (AvgIpc) is 2.81. The predicted molar refractivity (Wildman–Crippen MR) is 70.4 cm³/mol. The molecule has 1 N–H and O–H groups in total. The van der Waals surface area contributed by atoms with Gasteiger partial charge in [-0.2, -0.15) is 0 Å². The summed E-state index contributed by atoms with van der Waals surface area (Å²) in [6.07, 6.45) is 2.47. The highest BCUT2D eigenvalue weighted by atomic mass is 16.5. The Morgan fingerprint density at radius 3 is 2.89 bits per heavy atom. The number of ether oxygens (including phenoxy) is 1. The number of carbonyl (C=O) groups is 1. The van der Waals surface area contributed by atoms with Crippen molar-refractivity contribution < 1.29 is 14.6 Å². The summed E-state index contributed by atoms with van der Waals surface area (Å²) in [5.41, 5.74) is 1.26. The number of hydrogen-bond acceptors (Lipinski definition) is 4. The summed E-state index contributed by atoms with van der Waals surface area (Å²) in [5.74, 6) is -0.0833. The molecule has 0 aliphatic carbocycles. The number of benzene rings is 1. The Morgan fingerprint density at radius 1 is 1.56 bits per heavy atom. The normalized spacial score (nSPS) is 18.9. The van der Waals surface area contributed by atoms with Crippen LogP contribution >= 0.6 is 0 Å². The third-order valence-electron chi connectivity index (χ3n) is 3.30. The SMILES string of the molecule is CC(=O)c1ccc(N(C)CC2CCCO2)cc1O. The van der Waals surface area contributed by atoms with E-state index in [1.165, 1.54) is 6.92 Å². The van der Waals surface area contributed by atoms with Gasteiger partial charge in [-0.1, -0.05) is 0 Å². The van der Waals surface area contributed by atoms with E-state index in [4.69, 9.17) is 4.74 Å². The fourth-order valence-corrected chi connectivity index (χ4v) is 2.25. The van der Waals surface area contributed by atoms with Crippen LogP contribution in [0.1, 0.15) is 30.1 Å². The number of phenols is 1. The molecule has 98 valence electrons. The first-order chi connectivity index (χ1) is 8.58. The first-order valence-corrected chi connectivity index (χ1v) is 6.24. The molecule has 18 heavy (non-hydrogen) atoms.